The Bertz CT molecular complexity index is 753. The Labute approximate surface area is 149 Å². The standard InChI is InChI=1S/C19H23N3O.ClH/c1-19(2)17(13-7-10-22(19)11-8-13)21-18(23)15-5-6-16-14(12-15)4-3-9-20-16;/h3-6,9,12-13,17H,7-8,10-11H2,1-2H3,(H,21,23);1H. The molecule has 0 spiro atoms. The molecule has 5 rings (SSSR count). The number of rotatable bonds is 2. The topological polar surface area (TPSA) is 45.2 Å². The molecule has 128 valence electrons. The lowest BCUT2D eigenvalue weighted by Crippen LogP contribution is -2.69. The first-order valence-electron chi connectivity index (χ1n) is 8.46. The fourth-order valence-corrected chi connectivity index (χ4v) is 4.32. The van der Waals surface area contributed by atoms with Gasteiger partial charge in [0, 0.05) is 28.7 Å². The maximum atomic E-state index is 12.8. The van der Waals surface area contributed by atoms with Gasteiger partial charge in [0.15, 0.2) is 0 Å². The highest BCUT2D eigenvalue weighted by molar-refractivity contribution is 5.98. The molecule has 4 heterocycles. The van der Waals surface area contributed by atoms with Crippen LogP contribution in [-0.2, 0) is 0 Å². The van der Waals surface area contributed by atoms with Crippen LogP contribution in [-0.4, -0.2) is 40.5 Å². The number of aromatic nitrogens is 1. The van der Waals surface area contributed by atoms with Crippen molar-refractivity contribution in [2.75, 3.05) is 13.1 Å². The summed E-state index contributed by atoms with van der Waals surface area (Å²) in [6, 6.07) is 9.86. The first-order valence-corrected chi connectivity index (χ1v) is 8.46. The van der Waals surface area contributed by atoms with E-state index in [1.807, 2.05) is 30.3 Å². The summed E-state index contributed by atoms with van der Waals surface area (Å²) in [6.45, 7) is 6.83. The van der Waals surface area contributed by atoms with Crippen LogP contribution in [0.4, 0.5) is 0 Å². The zero-order chi connectivity index (χ0) is 16.0. The van der Waals surface area contributed by atoms with E-state index in [-0.39, 0.29) is 29.9 Å². The number of hydrogen-bond donors (Lipinski definition) is 1. The van der Waals surface area contributed by atoms with Gasteiger partial charge in [0.1, 0.15) is 0 Å². The van der Waals surface area contributed by atoms with Gasteiger partial charge in [-0.15, -0.1) is 12.4 Å². The molecule has 2 aromatic rings. The SMILES string of the molecule is CC1(C)C(NC(=O)c2ccc3ncccc3c2)C2CCN1CC2.Cl. The van der Waals surface area contributed by atoms with Crippen LogP contribution in [0.1, 0.15) is 37.0 Å². The van der Waals surface area contributed by atoms with Crippen molar-refractivity contribution in [3.05, 3.63) is 42.1 Å². The van der Waals surface area contributed by atoms with Crippen molar-refractivity contribution in [1.82, 2.24) is 15.2 Å². The molecule has 3 fully saturated rings. The number of carbonyl (C=O) groups excluding carboxylic acids is 1. The second-order valence-corrected chi connectivity index (χ2v) is 7.34. The maximum Gasteiger partial charge on any atom is 0.251 e. The van der Waals surface area contributed by atoms with Gasteiger partial charge in [-0.25, -0.2) is 0 Å². The summed E-state index contributed by atoms with van der Waals surface area (Å²) in [5.41, 5.74) is 1.68. The van der Waals surface area contributed by atoms with E-state index in [4.69, 9.17) is 0 Å². The summed E-state index contributed by atoms with van der Waals surface area (Å²) >= 11 is 0. The van der Waals surface area contributed by atoms with Gasteiger partial charge in [0.25, 0.3) is 5.91 Å². The minimum atomic E-state index is 0. The molecule has 3 saturated heterocycles. The molecule has 2 bridgehead atoms. The van der Waals surface area contributed by atoms with Gasteiger partial charge < -0.3 is 5.32 Å². The van der Waals surface area contributed by atoms with Crippen LogP contribution in [0.2, 0.25) is 0 Å². The quantitative estimate of drug-likeness (QED) is 0.908. The molecule has 1 atom stereocenters. The number of fused-ring (bicyclic) bond motifs is 4. The highest BCUT2D eigenvalue weighted by Crippen LogP contribution is 2.39. The van der Waals surface area contributed by atoms with Gasteiger partial charge in [0.2, 0.25) is 0 Å². The normalized spacial score (nSPS) is 27.5. The number of benzene rings is 1. The molecule has 3 aliphatic rings. The lowest BCUT2D eigenvalue weighted by atomic mass is 9.72. The molecule has 0 saturated carbocycles. The van der Waals surface area contributed by atoms with Gasteiger partial charge >= 0.3 is 0 Å². The largest absolute Gasteiger partial charge is 0.347 e. The minimum absolute atomic E-state index is 0. The van der Waals surface area contributed by atoms with Crippen molar-refractivity contribution in [2.45, 2.75) is 38.3 Å². The van der Waals surface area contributed by atoms with Crippen molar-refractivity contribution in [3.8, 4) is 0 Å². The van der Waals surface area contributed by atoms with Crippen molar-refractivity contribution >= 4 is 29.2 Å². The third-order valence-electron chi connectivity index (χ3n) is 5.74. The molecule has 0 aliphatic carbocycles. The van der Waals surface area contributed by atoms with E-state index in [1.54, 1.807) is 6.20 Å². The molecular weight excluding hydrogens is 322 g/mol. The molecule has 5 heteroatoms. The van der Waals surface area contributed by atoms with E-state index in [0.717, 1.165) is 29.6 Å². The average molecular weight is 346 g/mol. The van der Waals surface area contributed by atoms with Gasteiger partial charge in [-0.1, -0.05) is 6.07 Å². The van der Waals surface area contributed by atoms with Crippen LogP contribution in [0.5, 0.6) is 0 Å². The Morgan fingerprint density at radius 1 is 1.25 bits per heavy atom. The van der Waals surface area contributed by atoms with Crippen molar-refractivity contribution < 1.29 is 4.79 Å². The van der Waals surface area contributed by atoms with Crippen LogP contribution < -0.4 is 5.32 Å². The van der Waals surface area contributed by atoms with Crippen LogP contribution in [0.25, 0.3) is 10.9 Å². The van der Waals surface area contributed by atoms with E-state index in [2.05, 4.69) is 29.0 Å². The molecule has 1 aromatic carbocycles. The molecule has 1 N–H and O–H groups in total. The van der Waals surface area contributed by atoms with Crippen molar-refractivity contribution in [1.29, 1.82) is 0 Å². The molecular formula is C19H24ClN3O. The number of nitrogens with one attached hydrogen (secondary N) is 1. The summed E-state index contributed by atoms with van der Waals surface area (Å²) in [7, 11) is 0. The van der Waals surface area contributed by atoms with Gasteiger partial charge in [-0.3, -0.25) is 14.7 Å². The Kier molecular flexibility index (Phi) is 4.54. The zero-order valence-corrected chi connectivity index (χ0v) is 15.0. The number of nitrogens with zero attached hydrogens (tertiary/aromatic N) is 2. The molecule has 1 unspecified atom stereocenters. The zero-order valence-electron chi connectivity index (χ0n) is 14.2. The first kappa shape index (κ1) is 17.2. The second-order valence-electron chi connectivity index (χ2n) is 7.34. The fourth-order valence-electron chi connectivity index (χ4n) is 4.32. The lowest BCUT2D eigenvalue weighted by molar-refractivity contribution is -0.0378. The Balaban J connectivity index is 0.00000169. The van der Waals surface area contributed by atoms with Crippen molar-refractivity contribution in [2.24, 2.45) is 5.92 Å². The number of carbonyl (C=O) groups is 1. The van der Waals surface area contributed by atoms with Gasteiger partial charge in [-0.2, -0.15) is 0 Å². The Morgan fingerprint density at radius 3 is 2.71 bits per heavy atom. The van der Waals surface area contributed by atoms with Crippen LogP contribution in [0.3, 0.4) is 0 Å². The number of piperidine rings is 3. The lowest BCUT2D eigenvalue weighted by Gasteiger charge is -2.56. The summed E-state index contributed by atoms with van der Waals surface area (Å²) in [5, 5.41) is 4.33. The number of amides is 1. The van der Waals surface area contributed by atoms with Crippen LogP contribution >= 0.6 is 12.4 Å². The second kappa shape index (κ2) is 6.34. The molecule has 24 heavy (non-hydrogen) atoms. The summed E-state index contributed by atoms with van der Waals surface area (Å²) in [6.07, 6.45) is 4.16. The van der Waals surface area contributed by atoms with Crippen molar-refractivity contribution in [3.63, 3.8) is 0 Å². The molecule has 1 amide bonds. The number of halogens is 1. The van der Waals surface area contributed by atoms with Crippen LogP contribution in [0.15, 0.2) is 36.5 Å². The molecule has 3 aliphatic heterocycles. The summed E-state index contributed by atoms with van der Waals surface area (Å²) < 4.78 is 0. The van der Waals surface area contributed by atoms with E-state index < -0.39 is 0 Å². The molecule has 4 nitrogen and oxygen atoms in total. The van der Waals surface area contributed by atoms with Gasteiger partial charge in [0.05, 0.1) is 5.52 Å². The monoisotopic (exact) mass is 345 g/mol. The van der Waals surface area contributed by atoms with E-state index in [1.165, 1.54) is 12.8 Å². The summed E-state index contributed by atoms with van der Waals surface area (Å²) in [5.74, 6) is 0.628. The third-order valence-corrected chi connectivity index (χ3v) is 5.74. The third kappa shape index (κ3) is 2.78. The predicted molar refractivity (Wildman–Crippen MR) is 98.6 cm³/mol. The smallest absolute Gasteiger partial charge is 0.251 e. The highest BCUT2D eigenvalue weighted by atomic mass is 35.5. The van der Waals surface area contributed by atoms with E-state index in [9.17, 15) is 4.79 Å². The average Bonchev–Trinajstić information content (AvgIpc) is 2.58. The molecule has 0 radical (unpaired) electrons. The maximum absolute atomic E-state index is 12.8. The molecule has 1 aromatic heterocycles. The van der Waals surface area contributed by atoms with E-state index in [0.29, 0.717) is 5.92 Å². The Morgan fingerprint density at radius 2 is 2.00 bits per heavy atom. The van der Waals surface area contributed by atoms with Gasteiger partial charge in [-0.05, 0) is 70.0 Å². The predicted octanol–water partition coefficient (Wildman–Crippen LogP) is 3.26. The fraction of sp³-hybridized carbons (Fsp3) is 0.474. The minimum Gasteiger partial charge on any atom is -0.347 e. The van der Waals surface area contributed by atoms with E-state index >= 15 is 0 Å². The number of hydrogen-bond acceptors (Lipinski definition) is 3. The first-order chi connectivity index (χ1) is 11.1. The highest BCUT2D eigenvalue weighted by Gasteiger charge is 2.48. The Hall–Kier alpha value is -1.65. The van der Waals surface area contributed by atoms with Crippen LogP contribution in [0, 0.1) is 5.92 Å². The summed E-state index contributed by atoms with van der Waals surface area (Å²) in [4.78, 5) is 19.6. The number of pyridine rings is 1.